The first-order valence-electron chi connectivity index (χ1n) is 7.59. The molecule has 6 nitrogen and oxygen atoms in total. The molecule has 0 radical (unpaired) electrons. The number of carbonyl (C=O) groups is 1. The molecule has 2 aromatic rings. The van der Waals surface area contributed by atoms with Crippen LogP contribution >= 0.6 is 11.8 Å². The number of rotatable bonds is 7. The number of nitrogens with one attached hydrogen (secondary N) is 1. The first-order chi connectivity index (χ1) is 11.6. The second-order valence-corrected chi connectivity index (χ2v) is 6.47. The van der Waals surface area contributed by atoms with Gasteiger partial charge in [-0.05, 0) is 31.4 Å². The standard InChI is InChI=1S/C15H17F2N5OS/c16-11-2-1-3-12(17)10(11)6-7-19-13(23)8-24-15-21-20-14(18)22(15)9-4-5-9/h1-3,9H,4-8H2,(H2,18,20)(H,19,23). The van der Waals surface area contributed by atoms with Crippen LogP contribution in [0.5, 0.6) is 0 Å². The molecule has 1 heterocycles. The van der Waals surface area contributed by atoms with Gasteiger partial charge in [0, 0.05) is 18.2 Å². The quantitative estimate of drug-likeness (QED) is 0.743. The molecule has 1 aromatic carbocycles. The lowest BCUT2D eigenvalue weighted by Crippen LogP contribution is -2.27. The third kappa shape index (κ3) is 3.84. The van der Waals surface area contributed by atoms with Crippen LogP contribution in [-0.2, 0) is 11.2 Å². The molecule has 0 aliphatic heterocycles. The van der Waals surface area contributed by atoms with Gasteiger partial charge in [0.25, 0.3) is 0 Å². The molecule has 1 aliphatic rings. The van der Waals surface area contributed by atoms with E-state index < -0.39 is 11.6 Å². The van der Waals surface area contributed by atoms with E-state index in [0.29, 0.717) is 17.1 Å². The van der Waals surface area contributed by atoms with E-state index in [4.69, 9.17) is 5.73 Å². The molecule has 3 rings (SSSR count). The molecule has 1 aliphatic carbocycles. The Hall–Kier alpha value is -2.16. The molecule has 0 unspecified atom stereocenters. The maximum Gasteiger partial charge on any atom is 0.230 e. The zero-order valence-corrected chi connectivity index (χ0v) is 13.7. The van der Waals surface area contributed by atoms with E-state index in [-0.39, 0.29) is 30.2 Å². The van der Waals surface area contributed by atoms with Crippen molar-refractivity contribution in [2.24, 2.45) is 0 Å². The van der Waals surface area contributed by atoms with Crippen LogP contribution in [0.15, 0.2) is 23.4 Å². The van der Waals surface area contributed by atoms with E-state index in [1.807, 2.05) is 4.57 Å². The van der Waals surface area contributed by atoms with Crippen LogP contribution in [0.1, 0.15) is 24.4 Å². The van der Waals surface area contributed by atoms with Gasteiger partial charge in [0.15, 0.2) is 5.16 Å². The third-order valence-corrected chi connectivity index (χ3v) is 4.64. The van der Waals surface area contributed by atoms with Gasteiger partial charge in [-0.3, -0.25) is 9.36 Å². The van der Waals surface area contributed by atoms with Gasteiger partial charge < -0.3 is 11.1 Å². The molecule has 0 atom stereocenters. The lowest BCUT2D eigenvalue weighted by Gasteiger charge is -2.08. The summed E-state index contributed by atoms with van der Waals surface area (Å²) in [6.07, 6.45) is 2.17. The first-order valence-corrected chi connectivity index (χ1v) is 8.57. The van der Waals surface area contributed by atoms with Crippen LogP contribution < -0.4 is 11.1 Å². The molecule has 0 bridgehead atoms. The zero-order valence-electron chi connectivity index (χ0n) is 12.8. The zero-order chi connectivity index (χ0) is 17.1. The summed E-state index contributed by atoms with van der Waals surface area (Å²) in [5.74, 6) is -0.945. The second-order valence-electron chi connectivity index (χ2n) is 5.53. The van der Waals surface area contributed by atoms with Gasteiger partial charge in [-0.15, -0.1) is 10.2 Å². The summed E-state index contributed by atoms with van der Waals surface area (Å²) < 4.78 is 28.8. The van der Waals surface area contributed by atoms with Gasteiger partial charge in [-0.25, -0.2) is 8.78 Å². The second kappa shape index (κ2) is 7.16. The Labute approximate surface area is 141 Å². The first kappa shape index (κ1) is 16.7. The van der Waals surface area contributed by atoms with Gasteiger partial charge in [-0.2, -0.15) is 0 Å². The summed E-state index contributed by atoms with van der Waals surface area (Å²) >= 11 is 1.25. The molecule has 128 valence electrons. The molecule has 1 fully saturated rings. The lowest BCUT2D eigenvalue weighted by atomic mass is 10.1. The van der Waals surface area contributed by atoms with Crippen LogP contribution in [0.3, 0.4) is 0 Å². The van der Waals surface area contributed by atoms with Crippen LogP contribution in [0, 0.1) is 11.6 Å². The third-order valence-electron chi connectivity index (χ3n) is 3.69. The molecule has 3 N–H and O–H groups in total. The normalized spacial score (nSPS) is 13.9. The van der Waals surface area contributed by atoms with Crippen molar-refractivity contribution in [2.75, 3.05) is 18.0 Å². The predicted octanol–water partition coefficient (Wildman–Crippen LogP) is 1.92. The van der Waals surface area contributed by atoms with Crippen molar-refractivity contribution in [3.8, 4) is 0 Å². The van der Waals surface area contributed by atoms with Crippen LogP contribution in [0.2, 0.25) is 0 Å². The Kier molecular flexibility index (Phi) is 4.98. The number of benzene rings is 1. The minimum Gasteiger partial charge on any atom is -0.368 e. The monoisotopic (exact) mass is 353 g/mol. The summed E-state index contributed by atoms with van der Waals surface area (Å²) in [4.78, 5) is 11.9. The fourth-order valence-electron chi connectivity index (χ4n) is 2.34. The molecule has 1 saturated carbocycles. The Morgan fingerprint density at radius 2 is 2.04 bits per heavy atom. The molecular formula is C15H17F2N5OS. The number of nitrogen functional groups attached to an aromatic ring is 1. The van der Waals surface area contributed by atoms with Gasteiger partial charge in [-0.1, -0.05) is 17.8 Å². The lowest BCUT2D eigenvalue weighted by molar-refractivity contribution is -0.118. The fourth-order valence-corrected chi connectivity index (χ4v) is 3.18. The van der Waals surface area contributed by atoms with E-state index in [1.54, 1.807) is 0 Å². The molecule has 24 heavy (non-hydrogen) atoms. The van der Waals surface area contributed by atoms with Gasteiger partial charge >= 0.3 is 0 Å². The van der Waals surface area contributed by atoms with Crippen molar-refractivity contribution in [2.45, 2.75) is 30.5 Å². The minimum atomic E-state index is -0.605. The highest BCUT2D eigenvalue weighted by molar-refractivity contribution is 7.99. The van der Waals surface area contributed by atoms with Gasteiger partial charge in [0.1, 0.15) is 11.6 Å². The van der Waals surface area contributed by atoms with Crippen LogP contribution in [0.25, 0.3) is 0 Å². The highest BCUT2D eigenvalue weighted by Gasteiger charge is 2.29. The van der Waals surface area contributed by atoms with Crippen LogP contribution in [0.4, 0.5) is 14.7 Å². The Morgan fingerprint density at radius 1 is 1.33 bits per heavy atom. The van der Waals surface area contributed by atoms with Crippen molar-refractivity contribution >= 4 is 23.6 Å². The van der Waals surface area contributed by atoms with Crippen molar-refractivity contribution in [3.05, 3.63) is 35.4 Å². The topological polar surface area (TPSA) is 85.8 Å². The fraction of sp³-hybridized carbons (Fsp3) is 0.400. The number of nitrogens with two attached hydrogens (primary N) is 1. The number of nitrogens with zero attached hydrogens (tertiary/aromatic N) is 3. The number of amides is 1. The summed E-state index contributed by atoms with van der Waals surface area (Å²) in [7, 11) is 0. The van der Waals surface area contributed by atoms with Crippen molar-refractivity contribution in [1.82, 2.24) is 20.1 Å². The number of thioether (sulfide) groups is 1. The molecule has 1 amide bonds. The smallest absolute Gasteiger partial charge is 0.230 e. The van der Waals surface area contributed by atoms with Crippen molar-refractivity contribution in [3.63, 3.8) is 0 Å². The highest BCUT2D eigenvalue weighted by atomic mass is 32.2. The maximum absolute atomic E-state index is 13.5. The van der Waals surface area contributed by atoms with Crippen molar-refractivity contribution < 1.29 is 13.6 Å². The summed E-state index contributed by atoms with van der Waals surface area (Å²) in [6.45, 7) is 0.161. The summed E-state index contributed by atoms with van der Waals surface area (Å²) in [6, 6.07) is 4.04. The van der Waals surface area contributed by atoms with E-state index in [1.165, 1.54) is 30.0 Å². The molecule has 9 heteroatoms. The Balaban J connectivity index is 1.47. The average Bonchev–Trinajstić information content (AvgIpc) is 3.31. The summed E-state index contributed by atoms with van der Waals surface area (Å²) in [5, 5.41) is 11.1. The number of anilines is 1. The van der Waals surface area contributed by atoms with E-state index in [9.17, 15) is 13.6 Å². The summed E-state index contributed by atoms with van der Waals surface area (Å²) in [5.41, 5.74) is 5.74. The average molecular weight is 353 g/mol. The number of aromatic nitrogens is 3. The molecule has 0 spiro atoms. The SMILES string of the molecule is Nc1nnc(SCC(=O)NCCc2c(F)cccc2F)n1C1CC1. The highest BCUT2D eigenvalue weighted by Crippen LogP contribution is 2.39. The number of hydrogen-bond acceptors (Lipinski definition) is 5. The van der Waals surface area contributed by atoms with Gasteiger partial charge in [0.05, 0.1) is 5.75 Å². The van der Waals surface area contributed by atoms with E-state index >= 15 is 0 Å². The van der Waals surface area contributed by atoms with Crippen LogP contribution in [-0.4, -0.2) is 33.0 Å². The van der Waals surface area contributed by atoms with Gasteiger partial charge in [0.2, 0.25) is 11.9 Å². The molecule has 1 aromatic heterocycles. The Morgan fingerprint density at radius 3 is 2.71 bits per heavy atom. The van der Waals surface area contributed by atoms with E-state index in [2.05, 4.69) is 15.5 Å². The number of carbonyl (C=O) groups excluding carboxylic acids is 1. The van der Waals surface area contributed by atoms with Crippen molar-refractivity contribution in [1.29, 1.82) is 0 Å². The number of halogens is 2. The van der Waals surface area contributed by atoms with E-state index in [0.717, 1.165) is 12.8 Å². The predicted molar refractivity (Wildman–Crippen MR) is 86.5 cm³/mol. The molecular weight excluding hydrogens is 336 g/mol. The molecule has 0 saturated heterocycles. The maximum atomic E-state index is 13.5. The largest absolute Gasteiger partial charge is 0.368 e. The minimum absolute atomic E-state index is 0.0216. The number of hydrogen-bond donors (Lipinski definition) is 2. The Bertz CT molecular complexity index is 727.